The summed E-state index contributed by atoms with van der Waals surface area (Å²) in [7, 11) is 0. The van der Waals surface area contributed by atoms with Gasteiger partial charge in [-0.1, -0.05) is 44.9 Å². The molecule has 0 aromatic carbocycles. The third-order valence-electron chi connectivity index (χ3n) is 8.59. The highest BCUT2D eigenvalue weighted by Gasteiger charge is 2.41. The maximum Gasteiger partial charge on any atom is 0.306 e. The minimum absolute atomic E-state index is 0.0569. The van der Waals surface area contributed by atoms with E-state index in [9.17, 15) is 9.59 Å². The van der Waals surface area contributed by atoms with Crippen LogP contribution in [0.5, 0.6) is 0 Å². The Kier molecular flexibility index (Phi) is 7.75. The Morgan fingerprint density at radius 2 is 1.23 bits per heavy atom. The summed E-state index contributed by atoms with van der Waals surface area (Å²) in [4.78, 5) is 25.8. The predicted molar refractivity (Wildman–Crippen MR) is 117 cm³/mol. The quantitative estimate of drug-likeness (QED) is 0.462. The van der Waals surface area contributed by atoms with Crippen molar-refractivity contribution >= 4 is 11.9 Å². The van der Waals surface area contributed by atoms with E-state index >= 15 is 0 Å². The maximum atomic E-state index is 13.1. The van der Waals surface area contributed by atoms with Crippen molar-refractivity contribution in [2.75, 3.05) is 0 Å². The van der Waals surface area contributed by atoms with Gasteiger partial charge in [0.1, 0.15) is 12.2 Å². The first-order valence-corrected chi connectivity index (χ1v) is 13.0. The van der Waals surface area contributed by atoms with Crippen LogP contribution in [0.2, 0.25) is 0 Å². The number of rotatable bonds is 6. The number of hydrogen-bond acceptors (Lipinski definition) is 4. The van der Waals surface area contributed by atoms with Crippen molar-refractivity contribution in [3.8, 4) is 0 Å². The van der Waals surface area contributed by atoms with Gasteiger partial charge in [-0.05, 0) is 81.5 Å². The average Bonchev–Trinajstić information content (AvgIpc) is 2.75. The van der Waals surface area contributed by atoms with Crippen LogP contribution in [-0.2, 0) is 19.1 Å². The lowest BCUT2D eigenvalue weighted by atomic mass is 9.69. The minimum atomic E-state index is -0.234. The zero-order valence-electron chi connectivity index (χ0n) is 18.9. The highest BCUT2D eigenvalue weighted by atomic mass is 16.5. The van der Waals surface area contributed by atoms with Gasteiger partial charge in [0, 0.05) is 0 Å². The fourth-order valence-electron chi connectivity index (χ4n) is 6.98. The van der Waals surface area contributed by atoms with E-state index in [-0.39, 0.29) is 29.6 Å². The largest absolute Gasteiger partial charge is 0.462 e. The van der Waals surface area contributed by atoms with E-state index in [1.165, 1.54) is 64.2 Å². The Labute approximate surface area is 182 Å². The van der Waals surface area contributed by atoms with Crippen LogP contribution in [0.4, 0.5) is 0 Å². The highest BCUT2D eigenvalue weighted by molar-refractivity contribution is 5.74. The van der Waals surface area contributed by atoms with Gasteiger partial charge in [-0.25, -0.2) is 0 Å². The number of esters is 2. The molecular weight excluding hydrogens is 376 g/mol. The number of carbonyl (C=O) groups is 2. The van der Waals surface area contributed by atoms with Crippen molar-refractivity contribution in [1.29, 1.82) is 0 Å². The number of fused-ring (bicyclic) bond motifs is 1. The van der Waals surface area contributed by atoms with Crippen molar-refractivity contribution in [1.82, 2.24) is 0 Å². The molecule has 0 heterocycles. The Morgan fingerprint density at radius 3 is 2.00 bits per heavy atom. The summed E-state index contributed by atoms with van der Waals surface area (Å²) in [5.74, 6) is 1.20. The molecule has 4 saturated carbocycles. The van der Waals surface area contributed by atoms with Crippen molar-refractivity contribution in [2.45, 2.75) is 134 Å². The summed E-state index contributed by atoms with van der Waals surface area (Å²) >= 11 is 0. The second-order valence-electron chi connectivity index (χ2n) is 10.8. The van der Waals surface area contributed by atoms with Gasteiger partial charge < -0.3 is 9.47 Å². The molecule has 0 spiro atoms. The fourth-order valence-corrected chi connectivity index (χ4v) is 6.98. The van der Waals surface area contributed by atoms with Crippen LogP contribution in [0.15, 0.2) is 0 Å². The number of ether oxygens (including phenoxy) is 2. The van der Waals surface area contributed by atoms with Crippen molar-refractivity contribution < 1.29 is 19.1 Å². The lowest BCUT2D eigenvalue weighted by Crippen LogP contribution is -2.39. The van der Waals surface area contributed by atoms with Gasteiger partial charge in [-0.15, -0.1) is 0 Å². The third kappa shape index (κ3) is 5.79. The van der Waals surface area contributed by atoms with Crippen molar-refractivity contribution in [3.05, 3.63) is 0 Å². The zero-order chi connectivity index (χ0) is 20.8. The summed E-state index contributed by atoms with van der Waals surface area (Å²) in [5.41, 5.74) is -0.234. The molecule has 0 saturated heterocycles. The van der Waals surface area contributed by atoms with Gasteiger partial charge in [0.05, 0.1) is 12.8 Å². The van der Waals surface area contributed by atoms with Crippen LogP contribution in [-0.4, -0.2) is 24.1 Å². The van der Waals surface area contributed by atoms with Crippen LogP contribution < -0.4 is 0 Å². The van der Waals surface area contributed by atoms with E-state index in [4.69, 9.17) is 9.47 Å². The van der Waals surface area contributed by atoms with Crippen LogP contribution in [0.3, 0.4) is 0 Å². The molecule has 0 amide bonds. The Bertz CT molecular complexity index is 572. The summed E-state index contributed by atoms with van der Waals surface area (Å²) in [6, 6.07) is 0. The molecule has 3 atom stereocenters. The first kappa shape index (κ1) is 22.1. The van der Waals surface area contributed by atoms with E-state index in [0.717, 1.165) is 50.9 Å². The molecule has 4 nitrogen and oxygen atoms in total. The first-order valence-electron chi connectivity index (χ1n) is 13.0. The molecule has 4 fully saturated rings. The first-order chi connectivity index (χ1) is 14.6. The van der Waals surface area contributed by atoms with Gasteiger partial charge in [0.2, 0.25) is 0 Å². The van der Waals surface area contributed by atoms with Crippen LogP contribution in [0.25, 0.3) is 0 Å². The van der Waals surface area contributed by atoms with E-state index < -0.39 is 0 Å². The second-order valence-corrected chi connectivity index (χ2v) is 10.8. The molecule has 4 aliphatic rings. The maximum absolute atomic E-state index is 13.1. The molecule has 0 bridgehead atoms. The molecule has 4 heteroatoms. The monoisotopic (exact) mass is 418 g/mol. The average molecular weight is 419 g/mol. The smallest absolute Gasteiger partial charge is 0.306 e. The Balaban J connectivity index is 1.33. The highest BCUT2D eigenvalue weighted by Crippen LogP contribution is 2.45. The second kappa shape index (κ2) is 10.5. The summed E-state index contributed by atoms with van der Waals surface area (Å²) in [6.45, 7) is 0. The number of hydrogen-bond donors (Lipinski definition) is 0. The topological polar surface area (TPSA) is 52.6 Å². The molecule has 0 N–H and O–H groups in total. The Hall–Kier alpha value is -1.06. The Morgan fingerprint density at radius 1 is 0.633 bits per heavy atom. The third-order valence-corrected chi connectivity index (χ3v) is 8.59. The predicted octanol–water partition coefficient (Wildman–Crippen LogP) is 6.50. The SMILES string of the molecule is O=C(CC1(CC(=O)OC2CCCC3CCCCC32)CCCCC1)OC1CCCCC1. The molecule has 0 radical (unpaired) electrons. The molecule has 0 aromatic rings. The van der Waals surface area contributed by atoms with Crippen molar-refractivity contribution in [3.63, 3.8) is 0 Å². The molecule has 4 rings (SSSR count). The lowest BCUT2D eigenvalue weighted by Gasteiger charge is -2.41. The summed E-state index contributed by atoms with van der Waals surface area (Å²) < 4.78 is 12.0. The van der Waals surface area contributed by atoms with Gasteiger partial charge in [0.15, 0.2) is 0 Å². The van der Waals surface area contributed by atoms with E-state index in [0.29, 0.717) is 18.8 Å². The van der Waals surface area contributed by atoms with Crippen LogP contribution >= 0.6 is 0 Å². The molecular formula is C26H42O4. The zero-order valence-corrected chi connectivity index (χ0v) is 18.9. The van der Waals surface area contributed by atoms with Gasteiger partial charge in [0.25, 0.3) is 0 Å². The van der Waals surface area contributed by atoms with Gasteiger partial charge in [-0.2, -0.15) is 0 Å². The van der Waals surface area contributed by atoms with Gasteiger partial charge in [-0.3, -0.25) is 9.59 Å². The molecule has 170 valence electrons. The van der Waals surface area contributed by atoms with Gasteiger partial charge >= 0.3 is 11.9 Å². The molecule has 4 aliphatic carbocycles. The normalized spacial score (nSPS) is 32.1. The van der Waals surface area contributed by atoms with E-state index in [1.807, 2.05) is 0 Å². The van der Waals surface area contributed by atoms with E-state index in [2.05, 4.69) is 0 Å². The molecule has 0 aromatic heterocycles. The lowest BCUT2D eigenvalue weighted by molar-refractivity contribution is -0.162. The summed E-state index contributed by atoms with van der Waals surface area (Å²) in [6.07, 6.45) is 20.7. The molecule has 0 aliphatic heterocycles. The number of carbonyl (C=O) groups excluding carboxylic acids is 2. The fraction of sp³-hybridized carbons (Fsp3) is 0.923. The molecule has 3 unspecified atom stereocenters. The van der Waals surface area contributed by atoms with Crippen LogP contribution in [0.1, 0.15) is 122 Å². The molecule has 30 heavy (non-hydrogen) atoms. The van der Waals surface area contributed by atoms with Crippen LogP contribution in [0, 0.1) is 17.3 Å². The summed E-state index contributed by atoms with van der Waals surface area (Å²) in [5, 5.41) is 0. The van der Waals surface area contributed by atoms with E-state index in [1.54, 1.807) is 0 Å². The minimum Gasteiger partial charge on any atom is -0.462 e. The van der Waals surface area contributed by atoms with Crippen molar-refractivity contribution in [2.24, 2.45) is 17.3 Å². The standard InChI is InChI=1S/C26H42O4/c27-24(29-21-12-3-1-4-13-21)18-26(16-7-2-8-17-26)19-25(28)30-23-15-9-11-20-10-5-6-14-22(20)23/h20-23H,1-19H2.